The molecule has 0 aromatic heterocycles. The molecule has 1 saturated heterocycles. The summed E-state index contributed by atoms with van der Waals surface area (Å²) in [5.41, 5.74) is -0.928. The first-order chi connectivity index (χ1) is 10.4. The van der Waals surface area contributed by atoms with E-state index in [-0.39, 0.29) is 19.4 Å². The highest BCUT2D eigenvalue weighted by Crippen LogP contribution is 2.33. The Bertz CT molecular complexity index is 484. The van der Waals surface area contributed by atoms with Crippen LogP contribution in [0.5, 0.6) is 0 Å². The van der Waals surface area contributed by atoms with E-state index >= 15 is 0 Å². The van der Waals surface area contributed by atoms with Crippen LogP contribution in [0.1, 0.15) is 33.6 Å². The molecule has 0 bridgehead atoms. The molecule has 1 fully saturated rings. The molecule has 23 heavy (non-hydrogen) atoms. The lowest BCUT2D eigenvalue weighted by atomic mass is 9.96. The van der Waals surface area contributed by atoms with Crippen LogP contribution in [0.3, 0.4) is 0 Å². The number of rotatable bonds is 3. The van der Waals surface area contributed by atoms with E-state index in [1.807, 2.05) is 0 Å². The van der Waals surface area contributed by atoms with E-state index in [0.29, 0.717) is 4.90 Å². The zero-order valence-electron chi connectivity index (χ0n) is 13.4. The number of ether oxygens (including phenoxy) is 2. The highest BCUT2D eigenvalue weighted by Gasteiger charge is 2.52. The Morgan fingerprint density at radius 1 is 1.17 bits per heavy atom. The SMILES string of the molecule is COC(=O)C[C@H]1CCN(C(=O)C(F)(F)F)[C@H]1C(=O)OC(C)(C)C. The van der Waals surface area contributed by atoms with Crippen molar-refractivity contribution < 1.29 is 37.0 Å². The Hall–Kier alpha value is -1.80. The maximum atomic E-state index is 12.7. The first-order valence-corrected chi connectivity index (χ1v) is 7.04. The molecule has 2 atom stereocenters. The van der Waals surface area contributed by atoms with Crippen molar-refractivity contribution in [3.8, 4) is 0 Å². The first kappa shape index (κ1) is 19.2. The molecule has 6 nitrogen and oxygen atoms in total. The van der Waals surface area contributed by atoms with Crippen LogP contribution in [0, 0.1) is 5.92 Å². The molecule has 0 aromatic rings. The molecule has 0 saturated carbocycles. The summed E-state index contributed by atoms with van der Waals surface area (Å²) in [4.78, 5) is 35.6. The van der Waals surface area contributed by atoms with Gasteiger partial charge in [0.2, 0.25) is 0 Å². The predicted octanol–water partition coefficient (Wildman–Crippen LogP) is 1.67. The predicted molar refractivity (Wildman–Crippen MR) is 72.1 cm³/mol. The van der Waals surface area contributed by atoms with Gasteiger partial charge < -0.3 is 14.4 Å². The molecule has 1 aliphatic heterocycles. The third-order valence-corrected chi connectivity index (χ3v) is 3.33. The maximum absolute atomic E-state index is 12.7. The molecular formula is C14H20F3NO5. The number of nitrogens with zero attached hydrogens (tertiary/aromatic N) is 1. The molecule has 0 radical (unpaired) electrons. The summed E-state index contributed by atoms with van der Waals surface area (Å²) in [6, 6.07) is -1.46. The fourth-order valence-electron chi connectivity index (χ4n) is 2.44. The van der Waals surface area contributed by atoms with Gasteiger partial charge in [-0.15, -0.1) is 0 Å². The Morgan fingerprint density at radius 2 is 1.74 bits per heavy atom. The number of hydrogen-bond acceptors (Lipinski definition) is 5. The molecule has 0 unspecified atom stereocenters. The van der Waals surface area contributed by atoms with Gasteiger partial charge in [-0.3, -0.25) is 9.59 Å². The molecule has 0 spiro atoms. The Kier molecular flexibility index (Phi) is 5.65. The van der Waals surface area contributed by atoms with Crippen LogP contribution in [0.15, 0.2) is 0 Å². The normalized spacial score (nSPS) is 22.0. The van der Waals surface area contributed by atoms with Crippen molar-refractivity contribution in [1.82, 2.24) is 4.90 Å². The average molecular weight is 339 g/mol. The minimum atomic E-state index is -5.10. The largest absolute Gasteiger partial charge is 0.471 e. The van der Waals surface area contributed by atoms with Crippen LogP contribution in [0.25, 0.3) is 0 Å². The molecule has 1 aliphatic rings. The molecule has 1 heterocycles. The van der Waals surface area contributed by atoms with Crippen molar-refractivity contribution in [2.75, 3.05) is 13.7 Å². The van der Waals surface area contributed by atoms with Crippen LogP contribution in [0.4, 0.5) is 13.2 Å². The quantitative estimate of drug-likeness (QED) is 0.732. The van der Waals surface area contributed by atoms with Gasteiger partial charge in [0.25, 0.3) is 0 Å². The van der Waals surface area contributed by atoms with Crippen molar-refractivity contribution in [2.45, 2.75) is 51.4 Å². The monoisotopic (exact) mass is 339 g/mol. The van der Waals surface area contributed by atoms with Gasteiger partial charge in [0.05, 0.1) is 13.5 Å². The number of hydrogen-bond donors (Lipinski definition) is 0. The topological polar surface area (TPSA) is 72.9 Å². The number of methoxy groups -OCH3 is 1. The number of carbonyl (C=O) groups excluding carboxylic acids is 3. The third-order valence-electron chi connectivity index (χ3n) is 3.33. The Balaban J connectivity index is 3.04. The van der Waals surface area contributed by atoms with Gasteiger partial charge in [-0.1, -0.05) is 0 Å². The average Bonchev–Trinajstić information content (AvgIpc) is 2.77. The summed E-state index contributed by atoms with van der Waals surface area (Å²) < 4.78 is 47.7. The van der Waals surface area contributed by atoms with Crippen molar-refractivity contribution >= 4 is 17.8 Å². The van der Waals surface area contributed by atoms with E-state index in [1.165, 1.54) is 0 Å². The lowest BCUT2D eigenvalue weighted by molar-refractivity contribution is -0.190. The van der Waals surface area contributed by atoms with Crippen LogP contribution >= 0.6 is 0 Å². The Morgan fingerprint density at radius 3 is 2.17 bits per heavy atom. The summed E-state index contributed by atoms with van der Waals surface area (Å²) in [7, 11) is 1.14. The van der Waals surface area contributed by atoms with Crippen molar-refractivity contribution in [2.24, 2.45) is 5.92 Å². The number of carbonyl (C=O) groups is 3. The van der Waals surface area contributed by atoms with Gasteiger partial charge >= 0.3 is 24.0 Å². The molecule has 9 heteroatoms. The smallest absolute Gasteiger partial charge is 0.469 e. The van der Waals surface area contributed by atoms with Crippen LogP contribution < -0.4 is 0 Å². The van der Waals surface area contributed by atoms with Crippen molar-refractivity contribution in [1.29, 1.82) is 0 Å². The van der Waals surface area contributed by atoms with Crippen LogP contribution in [0.2, 0.25) is 0 Å². The highest BCUT2D eigenvalue weighted by molar-refractivity contribution is 5.89. The molecule has 132 valence electrons. The second-order valence-electron chi connectivity index (χ2n) is 6.30. The van der Waals surface area contributed by atoms with E-state index in [9.17, 15) is 27.6 Å². The van der Waals surface area contributed by atoms with Gasteiger partial charge in [0.15, 0.2) is 0 Å². The molecule has 1 amide bonds. The summed E-state index contributed by atoms with van der Waals surface area (Å²) in [6.45, 7) is 4.41. The van der Waals surface area contributed by atoms with E-state index in [1.54, 1.807) is 20.8 Å². The number of esters is 2. The van der Waals surface area contributed by atoms with Crippen LogP contribution in [-0.2, 0) is 23.9 Å². The number of halogens is 3. The summed E-state index contributed by atoms with van der Waals surface area (Å²) in [5.74, 6) is -4.50. The number of amides is 1. The number of likely N-dealkylation sites (tertiary alicyclic amines) is 1. The third kappa shape index (κ3) is 5.11. The summed E-state index contributed by atoms with van der Waals surface area (Å²) >= 11 is 0. The van der Waals surface area contributed by atoms with Gasteiger partial charge in [0, 0.05) is 12.5 Å². The van der Waals surface area contributed by atoms with Crippen molar-refractivity contribution in [3.63, 3.8) is 0 Å². The summed E-state index contributed by atoms with van der Waals surface area (Å²) in [6.07, 6.45) is -5.27. The lowest BCUT2D eigenvalue weighted by Crippen LogP contribution is -2.50. The maximum Gasteiger partial charge on any atom is 0.471 e. The van der Waals surface area contributed by atoms with Gasteiger partial charge in [-0.05, 0) is 27.2 Å². The minimum Gasteiger partial charge on any atom is -0.469 e. The van der Waals surface area contributed by atoms with E-state index in [4.69, 9.17) is 4.74 Å². The van der Waals surface area contributed by atoms with E-state index < -0.39 is 41.6 Å². The standard InChI is InChI=1S/C14H20F3NO5/c1-13(2,3)23-11(20)10-8(7-9(19)22-4)5-6-18(10)12(21)14(15,16)17/h8,10H,5-7H2,1-4H3/t8-,10-/m1/s1. The molecule has 1 rings (SSSR count). The van der Waals surface area contributed by atoms with Gasteiger partial charge in [-0.2, -0.15) is 13.2 Å². The summed E-state index contributed by atoms with van der Waals surface area (Å²) in [5, 5.41) is 0. The zero-order chi connectivity index (χ0) is 18.0. The molecule has 0 aromatic carbocycles. The highest BCUT2D eigenvalue weighted by atomic mass is 19.4. The second kappa shape index (κ2) is 6.76. The Labute approximate surface area is 131 Å². The molecular weight excluding hydrogens is 319 g/mol. The van der Waals surface area contributed by atoms with Crippen LogP contribution in [-0.4, -0.2) is 54.2 Å². The van der Waals surface area contributed by atoms with Gasteiger partial charge in [0.1, 0.15) is 11.6 Å². The van der Waals surface area contributed by atoms with E-state index in [0.717, 1.165) is 7.11 Å². The fourth-order valence-corrected chi connectivity index (χ4v) is 2.44. The zero-order valence-corrected chi connectivity index (χ0v) is 13.4. The number of alkyl halides is 3. The lowest BCUT2D eigenvalue weighted by Gasteiger charge is -2.30. The minimum absolute atomic E-state index is 0.0842. The molecule has 0 aliphatic carbocycles. The second-order valence-corrected chi connectivity index (χ2v) is 6.30. The van der Waals surface area contributed by atoms with Gasteiger partial charge in [-0.25, -0.2) is 4.79 Å². The van der Waals surface area contributed by atoms with E-state index in [2.05, 4.69) is 4.74 Å². The first-order valence-electron chi connectivity index (χ1n) is 7.04. The fraction of sp³-hybridized carbons (Fsp3) is 0.786. The van der Waals surface area contributed by atoms with Crippen molar-refractivity contribution in [3.05, 3.63) is 0 Å². The molecule has 0 N–H and O–H groups in total.